The molecule has 2 amide bonds. The smallest absolute Gasteiger partial charge is 0.315 e. The van der Waals surface area contributed by atoms with Crippen molar-refractivity contribution in [2.24, 2.45) is 11.8 Å². The van der Waals surface area contributed by atoms with Crippen LogP contribution in [0, 0.1) is 11.8 Å². The fraction of sp³-hybridized carbons (Fsp3) is 0.933. The van der Waals surface area contributed by atoms with E-state index in [1.165, 1.54) is 19.3 Å². The highest BCUT2D eigenvalue weighted by molar-refractivity contribution is 5.74. The fourth-order valence-corrected chi connectivity index (χ4v) is 3.47. The zero-order valence-corrected chi connectivity index (χ0v) is 12.6. The average molecular weight is 267 g/mol. The van der Waals surface area contributed by atoms with Crippen LogP contribution < -0.4 is 10.6 Å². The molecule has 1 saturated carbocycles. The molecule has 1 aliphatic carbocycles. The Bertz CT molecular complexity index is 308. The zero-order valence-electron chi connectivity index (χ0n) is 12.6. The third kappa shape index (κ3) is 4.10. The number of piperidine rings is 1. The van der Waals surface area contributed by atoms with E-state index in [2.05, 4.69) is 36.4 Å². The Morgan fingerprint density at radius 2 is 1.89 bits per heavy atom. The molecule has 0 aromatic heterocycles. The molecule has 4 atom stereocenters. The van der Waals surface area contributed by atoms with E-state index in [0.717, 1.165) is 31.8 Å². The lowest BCUT2D eigenvalue weighted by molar-refractivity contribution is 0.183. The lowest BCUT2D eigenvalue weighted by Gasteiger charge is -2.35. The van der Waals surface area contributed by atoms with Crippen molar-refractivity contribution in [1.29, 1.82) is 0 Å². The minimum Gasteiger partial charge on any atom is -0.335 e. The highest BCUT2D eigenvalue weighted by atomic mass is 16.2. The minimum atomic E-state index is 0.0336. The van der Waals surface area contributed by atoms with Gasteiger partial charge < -0.3 is 15.5 Å². The van der Waals surface area contributed by atoms with Gasteiger partial charge in [0.05, 0.1) is 0 Å². The van der Waals surface area contributed by atoms with Crippen LogP contribution in [0.5, 0.6) is 0 Å². The lowest BCUT2D eigenvalue weighted by Crippen LogP contribution is -2.53. The number of likely N-dealkylation sites (N-methyl/N-ethyl adjacent to an activating group) is 1. The highest BCUT2D eigenvalue weighted by Crippen LogP contribution is 2.29. The molecule has 4 nitrogen and oxygen atoms in total. The summed E-state index contributed by atoms with van der Waals surface area (Å²) >= 11 is 0. The summed E-state index contributed by atoms with van der Waals surface area (Å²) in [7, 11) is 2.12. The van der Waals surface area contributed by atoms with Crippen LogP contribution in [0.25, 0.3) is 0 Å². The van der Waals surface area contributed by atoms with E-state index in [4.69, 9.17) is 0 Å². The summed E-state index contributed by atoms with van der Waals surface area (Å²) in [5.74, 6) is 1.31. The van der Waals surface area contributed by atoms with E-state index in [-0.39, 0.29) is 6.03 Å². The third-order valence-electron chi connectivity index (χ3n) is 4.98. The van der Waals surface area contributed by atoms with Crippen LogP contribution >= 0.6 is 0 Å². The molecular formula is C15H29N3O. The van der Waals surface area contributed by atoms with Gasteiger partial charge in [-0.3, -0.25) is 0 Å². The second-order valence-corrected chi connectivity index (χ2v) is 6.59. The van der Waals surface area contributed by atoms with Gasteiger partial charge in [-0.25, -0.2) is 4.79 Å². The summed E-state index contributed by atoms with van der Waals surface area (Å²) in [6, 6.07) is 0.700. The van der Waals surface area contributed by atoms with Gasteiger partial charge in [-0.15, -0.1) is 0 Å². The molecule has 0 aromatic rings. The van der Waals surface area contributed by atoms with Gasteiger partial charge in [-0.2, -0.15) is 0 Å². The largest absolute Gasteiger partial charge is 0.335 e. The van der Waals surface area contributed by atoms with Crippen LogP contribution in [-0.2, 0) is 0 Å². The average Bonchev–Trinajstić information content (AvgIpc) is 2.35. The maximum atomic E-state index is 12.1. The number of rotatable bonds is 2. The number of likely N-dealkylation sites (tertiary alicyclic amines) is 1. The van der Waals surface area contributed by atoms with Gasteiger partial charge >= 0.3 is 6.03 Å². The number of hydrogen-bond acceptors (Lipinski definition) is 2. The summed E-state index contributed by atoms with van der Waals surface area (Å²) < 4.78 is 0. The first kappa shape index (κ1) is 14.6. The molecule has 4 unspecified atom stereocenters. The van der Waals surface area contributed by atoms with Crippen LogP contribution in [0.4, 0.5) is 4.79 Å². The second-order valence-electron chi connectivity index (χ2n) is 6.59. The first-order valence-electron chi connectivity index (χ1n) is 7.82. The van der Waals surface area contributed by atoms with Crippen molar-refractivity contribution >= 4 is 6.03 Å². The van der Waals surface area contributed by atoms with Crippen molar-refractivity contribution in [3.63, 3.8) is 0 Å². The Hall–Kier alpha value is -0.770. The molecule has 4 heteroatoms. The van der Waals surface area contributed by atoms with Crippen molar-refractivity contribution < 1.29 is 4.79 Å². The van der Waals surface area contributed by atoms with Crippen LogP contribution in [0.1, 0.15) is 46.0 Å². The van der Waals surface area contributed by atoms with Crippen molar-refractivity contribution in [3.05, 3.63) is 0 Å². The molecule has 0 aromatic carbocycles. The molecule has 1 saturated heterocycles. The van der Waals surface area contributed by atoms with Gasteiger partial charge in [0.15, 0.2) is 0 Å². The zero-order chi connectivity index (χ0) is 13.8. The maximum absolute atomic E-state index is 12.1. The van der Waals surface area contributed by atoms with Gasteiger partial charge in [0.2, 0.25) is 0 Å². The van der Waals surface area contributed by atoms with Crippen LogP contribution in [0.15, 0.2) is 0 Å². The summed E-state index contributed by atoms with van der Waals surface area (Å²) in [4.78, 5) is 14.4. The predicted molar refractivity (Wildman–Crippen MR) is 78.2 cm³/mol. The molecule has 19 heavy (non-hydrogen) atoms. The molecule has 0 bridgehead atoms. The molecule has 110 valence electrons. The Morgan fingerprint density at radius 3 is 2.63 bits per heavy atom. The number of urea groups is 1. The van der Waals surface area contributed by atoms with Crippen LogP contribution in [-0.4, -0.2) is 43.2 Å². The van der Waals surface area contributed by atoms with E-state index in [9.17, 15) is 4.79 Å². The standard InChI is InChI=1S/C15H29N3O/c1-11-6-4-8-14(12(11)2)17-15(19)16-13-7-5-9-18(3)10-13/h11-14H,4-10H2,1-3H3,(H2,16,17,19). The third-order valence-corrected chi connectivity index (χ3v) is 4.98. The van der Waals surface area contributed by atoms with Crippen LogP contribution in [0.2, 0.25) is 0 Å². The first-order chi connectivity index (χ1) is 9.06. The molecule has 2 rings (SSSR count). The van der Waals surface area contributed by atoms with Gasteiger partial charge in [0.25, 0.3) is 0 Å². The monoisotopic (exact) mass is 267 g/mol. The normalized spacial score (nSPS) is 36.8. The molecule has 0 spiro atoms. The molecule has 2 fully saturated rings. The van der Waals surface area contributed by atoms with Crippen molar-refractivity contribution in [1.82, 2.24) is 15.5 Å². The Balaban J connectivity index is 1.77. The number of nitrogens with zero attached hydrogens (tertiary/aromatic N) is 1. The number of amides is 2. The van der Waals surface area contributed by atoms with E-state index in [1.54, 1.807) is 0 Å². The summed E-state index contributed by atoms with van der Waals surface area (Å²) in [6.07, 6.45) is 5.95. The first-order valence-corrected chi connectivity index (χ1v) is 7.82. The lowest BCUT2D eigenvalue weighted by atomic mass is 9.78. The fourth-order valence-electron chi connectivity index (χ4n) is 3.47. The maximum Gasteiger partial charge on any atom is 0.315 e. The molecule has 1 aliphatic heterocycles. The second kappa shape index (κ2) is 6.60. The Morgan fingerprint density at radius 1 is 1.11 bits per heavy atom. The van der Waals surface area contributed by atoms with E-state index >= 15 is 0 Å². The molecule has 2 aliphatic rings. The Labute approximate surface area is 117 Å². The SMILES string of the molecule is CC1CCCC(NC(=O)NC2CCCN(C)C2)C1C. The molecular weight excluding hydrogens is 238 g/mol. The summed E-state index contributed by atoms with van der Waals surface area (Å²) in [5.41, 5.74) is 0. The highest BCUT2D eigenvalue weighted by Gasteiger charge is 2.28. The Kier molecular flexibility index (Phi) is 5.08. The number of carbonyl (C=O) groups excluding carboxylic acids is 1. The quantitative estimate of drug-likeness (QED) is 0.805. The summed E-state index contributed by atoms with van der Waals surface area (Å²) in [5, 5.41) is 6.33. The van der Waals surface area contributed by atoms with Crippen LogP contribution in [0.3, 0.4) is 0 Å². The molecule has 2 N–H and O–H groups in total. The number of nitrogens with one attached hydrogen (secondary N) is 2. The minimum absolute atomic E-state index is 0.0336. The number of carbonyl (C=O) groups is 1. The van der Waals surface area contributed by atoms with Gasteiger partial charge in [0.1, 0.15) is 0 Å². The topological polar surface area (TPSA) is 44.4 Å². The van der Waals surface area contributed by atoms with E-state index < -0.39 is 0 Å². The van der Waals surface area contributed by atoms with Gasteiger partial charge in [-0.1, -0.05) is 26.7 Å². The van der Waals surface area contributed by atoms with E-state index in [1.807, 2.05) is 0 Å². The van der Waals surface area contributed by atoms with Crippen molar-refractivity contribution in [3.8, 4) is 0 Å². The van der Waals surface area contributed by atoms with Crippen molar-refractivity contribution in [2.45, 2.75) is 58.0 Å². The molecule has 1 heterocycles. The van der Waals surface area contributed by atoms with E-state index in [0.29, 0.717) is 18.0 Å². The summed E-state index contributed by atoms with van der Waals surface area (Å²) in [6.45, 7) is 6.69. The number of hydrogen-bond donors (Lipinski definition) is 2. The molecule has 0 radical (unpaired) electrons. The van der Waals surface area contributed by atoms with Gasteiger partial charge in [0, 0.05) is 18.6 Å². The van der Waals surface area contributed by atoms with Gasteiger partial charge in [-0.05, 0) is 44.7 Å². The van der Waals surface area contributed by atoms with Crippen molar-refractivity contribution in [2.75, 3.05) is 20.1 Å². The predicted octanol–water partition coefficient (Wildman–Crippen LogP) is 2.20.